The molecule has 1 aromatic carbocycles. The summed E-state index contributed by atoms with van der Waals surface area (Å²) in [6, 6.07) is 10.4. The lowest BCUT2D eigenvalue weighted by Gasteiger charge is -2.41. The number of hydrogen-bond acceptors (Lipinski definition) is 5. The first-order chi connectivity index (χ1) is 10.1. The maximum atomic E-state index is 6.14. The van der Waals surface area contributed by atoms with Crippen LogP contribution < -0.4 is 5.32 Å². The second-order valence-corrected chi connectivity index (χ2v) is 6.55. The molecular weight excluding hydrogens is 284 g/mol. The number of aromatic nitrogens is 1. The van der Waals surface area contributed by atoms with Crippen molar-refractivity contribution in [3.63, 3.8) is 0 Å². The van der Waals surface area contributed by atoms with E-state index in [1.807, 2.05) is 43.6 Å². The van der Waals surface area contributed by atoms with Crippen LogP contribution in [0.5, 0.6) is 0 Å². The minimum atomic E-state index is -0.556. The second kappa shape index (κ2) is 6.23. The first-order valence-corrected chi connectivity index (χ1v) is 8.00. The molecule has 1 N–H and O–H groups in total. The van der Waals surface area contributed by atoms with Crippen LogP contribution in [0.15, 0.2) is 41.9 Å². The summed E-state index contributed by atoms with van der Waals surface area (Å²) in [5, 5.41) is 6.57. The predicted molar refractivity (Wildman–Crippen MR) is 83.0 cm³/mol. The van der Waals surface area contributed by atoms with E-state index in [9.17, 15) is 0 Å². The highest BCUT2D eigenvalue weighted by atomic mass is 32.1. The van der Waals surface area contributed by atoms with Crippen molar-refractivity contribution in [3.05, 3.63) is 52.5 Å². The Labute approximate surface area is 129 Å². The van der Waals surface area contributed by atoms with Gasteiger partial charge in [0.1, 0.15) is 11.1 Å². The Hall–Kier alpha value is -1.27. The van der Waals surface area contributed by atoms with E-state index >= 15 is 0 Å². The largest absolute Gasteiger partial charge is 0.349 e. The van der Waals surface area contributed by atoms with Gasteiger partial charge in [0.2, 0.25) is 0 Å². The normalized spacial score (nSPS) is 24.9. The van der Waals surface area contributed by atoms with Gasteiger partial charge in [-0.25, -0.2) is 4.98 Å². The van der Waals surface area contributed by atoms with Crippen molar-refractivity contribution in [1.82, 2.24) is 10.3 Å². The van der Waals surface area contributed by atoms with E-state index in [1.54, 1.807) is 11.3 Å². The van der Waals surface area contributed by atoms with E-state index in [2.05, 4.69) is 22.4 Å². The summed E-state index contributed by atoms with van der Waals surface area (Å²) >= 11 is 1.65. The molecule has 0 saturated carbocycles. The zero-order chi connectivity index (χ0) is 14.7. The van der Waals surface area contributed by atoms with Gasteiger partial charge in [-0.1, -0.05) is 30.3 Å². The molecule has 2 atom stereocenters. The lowest BCUT2D eigenvalue weighted by atomic mass is 10.0. The van der Waals surface area contributed by atoms with Gasteiger partial charge in [-0.3, -0.25) is 0 Å². The molecule has 0 unspecified atom stereocenters. The van der Waals surface area contributed by atoms with E-state index in [0.717, 1.165) is 11.6 Å². The number of nitrogens with zero attached hydrogens (tertiary/aromatic N) is 1. The summed E-state index contributed by atoms with van der Waals surface area (Å²) in [5.41, 5.74) is 1.17. The van der Waals surface area contributed by atoms with E-state index in [0.29, 0.717) is 6.61 Å². The predicted octanol–water partition coefficient (Wildman–Crippen LogP) is 3.13. The molecule has 0 radical (unpaired) electrons. The number of rotatable bonds is 4. The Kier molecular flexibility index (Phi) is 4.35. The third-order valence-electron chi connectivity index (χ3n) is 3.51. The van der Waals surface area contributed by atoms with E-state index in [4.69, 9.17) is 9.47 Å². The first-order valence-electron chi connectivity index (χ1n) is 7.12. The van der Waals surface area contributed by atoms with Gasteiger partial charge in [-0.05, 0) is 19.4 Å². The van der Waals surface area contributed by atoms with Crippen molar-refractivity contribution < 1.29 is 9.47 Å². The lowest BCUT2D eigenvalue weighted by Crippen LogP contribution is -2.50. The van der Waals surface area contributed by atoms with Crippen LogP contribution in [-0.4, -0.2) is 23.4 Å². The van der Waals surface area contributed by atoms with Gasteiger partial charge in [0.25, 0.3) is 0 Å². The number of ether oxygens (including phenoxy) is 2. The molecule has 21 heavy (non-hydrogen) atoms. The van der Waals surface area contributed by atoms with Crippen LogP contribution in [0.3, 0.4) is 0 Å². The summed E-state index contributed by atoms with van der Waals surface area (Å²) in [7, 11) is 0. The SMILES string of the molecule is CC1(C)OC[C@@H](NCc2nccs2)[C@@H](c2ccccc2)O1. The van der Waals surface area contributed by atoms with Crippen LogP contribution in [-0.2, 0) is 16.0 Å². The quantitative estimate of drug-likeness (QED) is 0.942. The molecule has 3 rings (SSSR count). The lowest BCUT2D eigenvalue weighted by molar-refractivity contribution is -0.285. The number of nitrogens with one attached hydrogen (secondary N) is 1. The van der Waals surface area contributed by atoms with Crippen molar-refractivity contribution in [2.24, 2.45) is 0 Å². The minimum absolute atomic E-state index is 0.0186. The summed E-state index contributed by atoms with van der Waals surface area (Å²) in [5.74, 6) is -0.556. The third-order valence-corrected chi connectivity index (χ3v) is 4.29. The van der Waals surface area contributed by atoms with Crippen LogP contribution in [0.1, 0.15) is 30.5 Å². The van der Waals surface area contributed by atoms with Crippen molar-refractivity contribution in [3.8, 4) is 0 Å². The minimum Gasteiger partial charge on any atom is -0.349 e. The number of hydrogen-bond donors (Lipinski definition) is 1. The Balaban J connectivity index is 1.73. The summed E-state index contributed by atoms with van der Waals surface area (Å²) in [6.45, 7) is 5.27. The topological polar surface area (TPSA) is 43.4 Å². The molecule has 5 heteroatoms. The van der Waals surface area contributed by atoms with Crippen molar-refractivity contribution in [2.75, 3.05) is 6.61 Å². The molecular formula is C16H20N2O2S. The van der Waals surface area contributed by atoms with Gasteiger partial charge in [0.05, 0.1) is 12.6 Å². The van der Waals surface area contributed by atoms with E-state index in [-0.39, 0.29) is 12.1 Å². The third kappa shape index (κ3) is 3.68. The molecule has 1 fully saturated rings. The van der Waals surface area contributed by atoms with E-state index in [1.165, 1.54) is 5.56 Å². The molecule has 112 valence electrons. The van der Waals surface area contributed by atoms with Gasteiger partial charge < -0.3 is 14.8 Å². The maximum Gasteiger partial charge on any atom is 0.163 e. The highest BCUT2D eigenvalue weighted by Crippen LogP contribution is 2.33. The molecule has 1 aromatic heterocycles. The van der Waals surface area contributed by atoms with Crippen LogP contribution in [0.4, 0.5) is 0 Å². The molecule has 2 heterocycles. The molecule has 1 aliphatic heterocycles. The fourth-order valence-electron chi connectivity index (χ4n) is 2.47. The molecule has 0 spiro atoms. The molecule has 0 bridgehead atoms. The highest BCUT2D eigenvalue weighted by Gasteiger charge is 2.37. The Morgan fingerprint density at radius 3 is 2.86 bits per heavy atom. The zero-order valence-electron chi connectivity index (χ0n) is 12.3. The fourth-order valence-corrected chi connectivity index (χ4v) is 3.03. The van der Waals surface area contributed by atoms with Gasteiger partial charge in [-0.2, -0.15) is 0 Å². The van der Waals surface area contributed by atoms with Gasteiger partial charge in [-0.15, -0.1) is 11.3 Å². The smallest absolute Gasteiger partial charge is 0.163 e. The summed E-state index contributed by atoms with van der Waals surface area (Å²) in [6.07, 6.45) is 1.81. The molecule has 0 amide bonds. The van der Waals surface area contributed by atoms with Crippen LogP contribution in [0, 0.1) is 0 Å². The summed E-state index contributed by atoms with van der Waals surface area (Å²) in [4.78, 5) is 4.30. The maximum absolute atomic E-state index is 6.14. The monoisotopic (exact) mass is 304 g/mol. The molecule has 4 nitrogen and oxygen atoms in total. The molecule has 1 saturated heterocycles. The second-order valence-electron chi connectivity index (χ2n) is 5.57. The van der Waals surface area contributed by atoms with Gasteiger partial charge in [0.15, 0.2) is 5.79 Å². The van der Waals surface area contributed by atoms with Crippen molar-refractivity contribution in [2.45, 2.75) is 38.3 Å². The average Bonchev–Trinajstić information content (AvgIpc) is 2.99. The van der Waals surface area contributed by atoms with Crippen LogP contribution in [0.2, 0.25) is 0 Å². The molecule has 0 aliphatic carbocycles. The van der Waals surface area contributed by atoms with Crippen molar-refractivity contribution in [1.29, 1.82) is 0 Å². The van der Waals surface area contributed by atoms with Gasteiger partial charge in [0, 0.05) is 18.1 Å². The van der Waals surface area contributed by atoms with Gasteiger partial charge >= 0.3 is 0 Å². The fraction of sp³-hybridized carbons (Fsp3) is 0.438. The molecule has 2 aromatic rings. The zero-order valence-corrected chi connectivity index (χ0v) is 13.1. The Bertz CT molecular complexity index is 557. The number of benzene rings is 1. The number of thiazole rings is 1. The Morgan fingerprint density at radius 1 is 1.33 bits per heavy atom. The van der Waals surface area contributed by atoms with Crippen LogP contribution in [0.25, 0.3) is 0 Å². The van der Waals surface area contributed by atoms with E-state index < -0.39 is 5.79 Å². The average molecular weight is 304 g/mol. The van der Waals surface area contributed by atoms with Crippen molar-refractivity contribution >= 4 is 11.3 Å². The summed E-state index contributed by atoms with van der Waals surface area (Å²) < 4.78 is 11.9. The van der Waals surface area contributed by atoms with Crippen LogP contribution >= 0.6 is 11.3 Å². The Morgan fingerprint density at radius 2 is 2.14 bits per heavy atom. The molecule has 1 aliphatic rings. The highest BCUT2D eigenvalue weighted by molar-refractivity contribution is 7.09. The standard InChI is InChI=1S/C16H20N2O2S/c1-16(2)19-11-13(18-10-14-17-8-9-21-14)15(20-16)12-6-4-3-5-7-12/h3-9,13,15,18H,10-11H2,1-2H3/t13-,15-/m1/s1. The first kappa shape index (κ1) is 14.7.